The molecule has 21 heavy (non-hydrogen) atoms. The number of alkyl halides is 1. The summed E-state index contributed by atoms with van der Waals surface area (Å²) in [7, 11) is -0.107. The third-order valence-electron chi connectivity index (χ3n) is 2.97. The van der Waals surface area contributed by atoms with E-state index >= 15 is 0 Å². The fourth-order valence-electron chi connectivity index (χ4n) is 1.75. The minimum Gasteiger partial charge on any atom is -0.390 e. The zero-order valence-electron chi connectivity index (χ0n) is 12.2. The molecular weight excluding hydrogens is 365 g/mol. The van der Waals surface area contributed by atoms with E-state index in [0.717, 1.165) is 0 Å². The number of rotatable bonds is 9. The maximum absolute atomic E-state index is 12.7. The molecule has 0 fully saturated rings. The van der Waals surface area contributed by atoms with Gasteiger partial charge in [-0.2, -0.15) is 0 Å². The lowest BCUT2D eigenvalue weighted by Gasteiger charge is -2.28. The van der Waals surface area contributed by atoms with Crippen molar-refractivity contribution >= 4 is 29.5 Å². The summed E-state index contributed by atoms with van der Waals surface area (Å²) in [5.41, 5.74) is 0.479. The smallest absolute Gasteiger partial charge is 0.390 e. The molecule has 1 N–H and O–H groups in total. The van der Waals surface area contributed by atoms with Crippen molar-refractivity contribution in [3.05, 3.63) is 22.0 Å². The standard InChI is InChI=1S/C10H19BrN5O4P/c1-4-15(6-5-11)21(19,12-2)20-8-9-7-13-10(14(9)3)16(17)18/h7H,4-6,8H2,1-3H3,(H,12,19). The summed E-state index contributed by atoms with van der Waals surface area (Å²) in [6.07, 6.45) is 1.35. The van der Waals surface area contributed by atoms with Gasteiger partial charge in [-0.05, 0) is 12.0 Å². The molecule has 120 valence electrons. The largest absolute Gasteiger partial charge is 0.434 e. The van der Waals surface area contributed by atoms with Crippen molar-refractivity contribution in [1.29, 1.82) is 0 Å². The maximum atomic E-state index is 12.7. The van der Waals surface area contributed by atoms with E-state index in [1.54, 1.807) is 11.7 Å². The van der Waals surface area contributed by atoms with Crippen molar-refractivity contribution in [2.75, 3.05) is 25.5 Å². The highest BCUT2D eigenvalue weighted by atomic mass is 79.9. The van der Waals surface area contributed by atoms with E-state index in [2.05, 4.69) is 26.0 Å². The Hall–Kier alpha value is -0.800. The number of aromatic nitrogens is 2. The Morgan fingerprint density at radius 1 is 1.67 bits per heavy atom. The number of hydrogen-bond acceptors (Lipinski definition) is 5. The van der Waals surface area contributed by atoms with Gasteiger partial charge in [0.1, 0.15) is 18.5 Å². The summed E-state index contributed by atoms with van der Waals surface area (Å²) < 4.78 is 21.2. The fraction of sp³-hybridized carbons (Fsp3) is 0.700. The van der Waals surface area contributed by atoms with Crippen LogP contribution in [0.4, 0.5) is 5.95 Å². The highest BCUT2D eigenvalue weighted by Gasteiger charge is 2.30. The van der Waals surface area contributed by atoms with Gasteiger partial charge >= 0.3 is 13.6 Å². The summed E-state index contributed by atoms with van der Waals surface area (Å²) in [5.74, 6) is -0.277. The Morgan fingerprint density at radius 3 is 2.76 bits per heavy atom. The molecule has 0 bridgehead atoms. The van der Waals surface area contributed by atoms with Gasteiger partial charge < -0.3 is 10.1 Å². The number of halogens is 1. The predicted molar refractivity (Wildman–Crippen MR) is 82.4 cm³/mol. The van der Waals surface area contributed by atoms with Gasteiger partial charge in [0.05, 0.1) is 7.05 Å². The first-order valence-corrected chi connectivity index (χ1v) is 8.99. The first kappa shape index (κ1) is 18.2. The fourth-order valence-corrected chi connectivity index (χ4v) is 4.07. The molecule has 1 rings (SSSR count). The SMILES string of the molecule is CCN(CCBr)P(=O)(NC)OCc1cnc([N+](=O)[O-])n1C. The van der Waals surface area contributed by atoms with Crippen molar-refractivity contribution < 1.29 is 14.0 Å². The Kier molecular flexibility index (Phi) is 6.95. The molecule has 1 aromatic heterocycles. The Morgan fingerprint density at radius 2 is 2.33 bits per heavy atom. The van der Waals surface area contributed by atoms with Crippen LogP contribution in [0.15, 0.2) is 6.20 Å². The average Bonchev–Trinajstić information content (AvgIpc) is 2.83. The van der Waals surface area contributed by atoms with Crippen LogP contribution in [0.25, 0.3) is 0 Å². The Labute approximate surface area is 131 Å². The molecule has 0 saturated heterocycles. The zero-order valence-corrected chi connectivity index (χ0v) is 14.6. The molecule has 0 saturated carbocycles. The topological polar surface area (TPSA) is 103 Å². The van der Waals surface area contributed by atoms with Crippen molar-refractivity contribution in [2.24, 2.45) is 7.05 Å². The third-order valence-corrected chi connectivity index (χ3v) is 5.60. The molecule has 0 radical (unpaired) electrons. The minimum atomic E-state index is -3.18. The van der Waals surface area contributed by atoms with Crippen LogP contribution in [0.2, 0.25) is 0 Å². The molecule has 0 amide bonds. The van der Waals surface area contributed by atoms with Crippen LogP contribution in [0.1, 0.15) is 12.6 Å². The molecule has 0 aliphatic heterocycles. The van der Waals surface area contributed by atoms with Crippen LogP contribution in [-0.2, 0) is 22.7 Å². The summed E-state index contributed by atoms with van der Waals surface area (Å²) in [5, 5.41) is 14.1. The molecule has 1 heterocycles. The molecule has 0 aliphatic carbocycles. The van der Waals surface area contributed by atoms with Crippen LogP contribution < -0.4 is 5.09 Å². The number of nitrogens with zero attached hydrogens (tertiary/aromatic N) is 4. The van der Waals surface area contributed by atoms with E-state index < -0.39 is 12.6 Å². The van der Waals surface area contributed by atoms with E-state index in [-0.39, 0.29) is 12.6 Å². The zero-order chi connectivity index (χ0) is 16.0. The molecule has 1 atom stereocenters. The molecule has 11 heteroatoms. The number of hydrogen-bond donors (Lipinski definition) is 1. The van der Waals surface area contributed by atoms with Crippen molar-refractivity contribution in [3.8, 4) is 0 Å². The molecule has 0 aliphatic rings. The second-order valence-corrected chi connectivity index (χ2v) is 7.22. The van der Waals surface area contributed by atoms with Crippen LogP contribution in [0.3, 0.4) is 0 Å². The highest BCUT2D eigenvalue weighted by Crippen LogP contribution is 2.46. The van der Waals surface area contributed by atoms with Crippen LogP contribution in [0.5, 0.6) is 0 Å². The van der Waals surface area contributed by atoms with Crippen molar-refractivity contribution in [1.82, 2.24) is 19.3 Å². The van der Waals surface area contributed by atoms with Gasteiger partial charge in [-0.3, -0.25) is 9.09 Å². The van der Waals surface area contributed by atoms with Crippen LogP contribution in [0, 0.1) is 10.1 Å². The monoisotopic (exact) mass is 383 g/mol. The molecule has 0 aromatic carbocycles. The number of nitrogens with one attached hydrogen (secondary N) is 1. The summed E-state index contributed by atoms with van der Waals surface area (Å²) in [4.78, 5) is 13.8. The first-order chi connectivity index (χ1) is 9.89. The molecular formula is C10H19BrN5O4P. The lowest BCUT2D eigenvalue weighted by atomic mass is 10.5. The molecule has 1 unspecified atom stereocenters. The Bertz CT molecular complexity index is 538. The van der Waals surface area contributed by atoms with Gasteiger partial charge in [0, 0.05) is 18.4 Å². The van der Waals surface area contributed by atoms with E-state index in [1.807, 2.05) is 6.92 Å². The number of nitro groups is 1. The lowest BCUT2D eigenvalue weighted by molar-refractivity contribution is -0.396. The summed E-state index contributed by atoms with van der Waals surface area (Å²) in [6.45, 7) is 2.95. The average molecular weight is 384 g/mol. The molecule has 9 nitrogen and oxygen atoms in total. The predicted octanol–water partition coefficient (Wildman–Crippen LogP) is 1.89. The molecule has 1 aromatic rings. The second-order valence-electron chi connectivity index (χ2n) is 4.12. The normalized spacial score (nSPS) is 14.3. The summed E-state index contributed by atoms with van der Waals surface area (Å²) in [6, 6.07) is 0. The number of imidazole rings is 1. The van der Waals surface area contributed by atoms with E-state index in [1.165, 1.54) is 17.8 Å². The Balaban J connectivity index is 2.84. The lowest BCUT2D eigenvalue weighted by Crippen LogP contribution is -2.29. The van der Waals surface area contributed by atoms with E-state index in [4.69, 9.17) is 4.52 Å². The maximum Gasteiger partial charge on any atom is 0.434 e. The first-order valence-electron chi connectivity index (χ1n) is 6.29. The van der Waals surface area contributed by atoms with Crippen molar-refractivity contribution in [2.45, 2.75) is 13.5 Å². The van der Waals surface area contributed by atoms with Gasteiger partial charge in [0.25, 0.3) is 0 Å². The van der Waals surface area contributed by atoms with E-state index in [0.29, 0.717) is 24.1 Å². The van der Waals surface area contributed by atoms with Gasteiger partial charge in [0.15, 0.2) is 0 Å². The minimum absolute atomic E-state index is 0.0335. The van der Waals surface area contributed by atoms with Gasteiger partial charge in [-0.25, -0.2) is 14.3 Å². The van der Waals surface area contributed by atoms with Crippen LogP contribution >= 0.6 is 23.6 Å². The molecule has 0 spiro atoms. The quantitative estimate of drug-likeness (QED) is 0.300. The van der Waals surface area contributed by atoms with Gasteiger partial charge in [0.2, 0.25) is 0 Å². The van der Waals surface area contributed by atoms with Crippen LogP contribution in [-0.4, -0.2) is 44.6 Å². The van der Waals surface area contributed by atoms with Gasteiger partial charge in [-0.15, -0.1) is 0 Å². The van der Waals surface area contributed by atoms with Gasteiger partial charge in [-0.1, -0.05) is 27.8 Å². The van der Waals surface area contributed by atoms with Crippen molar-refractivity contribution in [3.63, 3.8) is 0 Å². The second kappa shape index (κ2) is 8.00. The third kappa shape index (κ3) is 4.33. The highest BCUT2D eigenvalue weighted by molar-refractivity contribution is 9.09. The van der Waals surface area contributed by atoms with E-state index in [9.17, 15) is 14.7 Å². The summed E-state index contributed by atoms with van der Waals surface area (Å²) >= 11 is 3.30.